The summed E-state index contributed by atoms with van der Waals surface area (Å²) in [4.78, 5) is 13.2. The van der Waals surface area contributed by atoms with Crippen molar-refractivity contribution < 1.29 is 22.7 Å². The molecule has 0 bridgehead atoms. The predicted octanol–water partition coefficient (Wildman–Crippen LogP) is 4.12. The first-order valence-corrected chi connectivity index (χ1v) is 12.4. The number of amides is 1. The zero-order valence-corrected chi connectivity index (χ0v) is 20.7. The van der Waals surface area contributed by atoms with E-state index in [0.29, 0.717) is 11.5 Å². The van der Waals surface area contributed by atoms with E-state index in [0.717, 1.165) is 11.1 Å². The zero-order valence-electron chi connectivity index (χ0n) is 19.1. The van der Waals surface area contributed by atoms with E-state index in [1.54, 1.807) is 19.2 Å². The summed E-state index contributed by atoms with van der Waals surface area (Å²) >= 11 is 6.12. The molecule has 7 nitrogen and oxygen atoms in total. The van der Waals surface area contributed by atoms with Gasteiger partial charge in [0, 0.05) is 0 Å². The maximum absolute atomic E-state index is 13.2. The number of rotatable bonds is 10. The number of methoxy groups -OCH3 is 2. The third-order valence-electron chi connectivity index (χ3n) is 5.30. The van der Waals surface area contributed by atoms with Gasteiger partial charge in [-0.2, -0.15) is 4.72 Å². The van der Waals surface area contributed by atoms with Gasteiger partial charge in [-0.25, -0.2) is 8.42 Å². The van der Waals surface area contributed by atoms with E-state index in [9.17, 15) is 13.2 Å². The van der Waals surface area contributed by atoms with Crippen LogP contribution in [0, 0.1) is 0 Å². The lowest BCUT2D eigenvalue weighted by Gasteiger charge is -2.22. The van der Waals surface area contributed by atoms with Crippen molar-refractivity contribution in [2.24, 2.45) is 0 Å². The van der Waals surface area contributed by atoms with Crippen molar-refractivity contribution in [3.05, 3.63) is 88.9 Å². The van der Waals surface area contributed by atoms with E-state index in [1.165, 1.54) is 25.3 Å². The molecule has 2 N–H and O–H groups in total. The van der Waals surface area contributed by atoms with Crippen molar-refractivity contribution in [3.8, 4) is 11.5 Å². The number of nitrogens with one attached hydrogen (secondary N) is 2. The maximum Gasteiger partial charge on any atom is 0.241 e. The molecular weight excluding hydrogens is 476 g/mol. The monoisotopic (exact) mass is 502 g/mol. The second-order valence-corrected chi connectivity index (χ2v) is 9.78. The van der Waals surface area contributed by atoms with Crippen molar-refractivity contribution in [2.45, 2.75) is 30.3 Å². The minimum atomic E-state index is -4.05. The Kier molecular flexibility index (Phi) is 8.55. The molecule has 0 aliphatic heterocycles. The Hall–Kier alpha value is -3.07. The fraction of sp³-hybridized carbons (Fsp3) is 0.240. The molecule has 0 heterocycles. The zero-order chi connectivity index (χ0) is 24.7. The highest BCUT2D eigenvalue weighted by Crippen LogP contribution is 2.27. The van der Waals surface area contributed by atoms with Crippen molar-refractivity contribution >= 4 is 27.5 Å². The number of hydrogen-bond donors (Lipinski definition) is 2. The molecule has 0 aliphatic rings. The van der Waals surface area contributed by atoms with E-state index in [4.69, 9.17) is 21.1 Å². The molecule has 0 aromatic heterocycles. The molecule has 0 spiro atoms. The largest absolute Gasteiger partial charge is 0.497 e. The topological polar surface area (TPSA) is 93.7 Å². The Morgan fingerprint density at radius 1 is 0.971 bits per heavy atom. The van der Waals surface area contributed by atoms with Gasteiger partial charge in [-0.1, -0.05) is 54.1 Å². The highest BCUT2D eigenvalue weighted by molar-refractivity contribution is 7.89. The van der Waals surface area contributed by atoms with Gasteiger partial charge in [0.15, 0.2) is 0 Å². The fourth-order valence-corrected chi connectivity index (χ4v) is 4.94. The molecule has 0 saturated heterocycles. The fourth-order valence-electron chi connectivity index (χ4n) is 3.40. The van der Waals surface area contributed by atoms with Crippen LogP contribution in [0.1, 0.15) is 24.1 Å². The van der Waals surface area contributed by atoms with E-state index < -0.39 is 22.0 Å². The minimum absolute atomic E-state index is 0.0626. The Bertz CT molecular complexity index is 1220. The van der Waals surface area contributed by atoms with Crippen LogP contribution in [0.2, 0.25) is 5.02 Å². The number of sulfonamides is 1. The number of halogens is 1. The quantitative estimate of drug-likeness (QED) is 0.435. The first-order chi connectivity index (χ1) is 16.2. The molecule has 2 atom stereocenters. The standard InChI is InChI=1S/C25H27ClN2O5S/c1-17(19-9-11-20(32-2)12-10-19)27-25(29)23(15-18-7-5-4-6-8-18)28-34(30,31)21-13-14-24(33-3)22(26)16-21/h4-14,16-17,23,28H,15H2,1-3H3,(H,27,29)/t17-,23-/m1/s1. The number of carbonyl (C=O) groups excluding carboxylic acids is 1. The highest BCUT2D eigenvalue weighted by Gasteiger charge is 2.27. The summed E-state index contributed by atoms with van der Waals surface area (Å²) in [7, 11) is -1.03. The van der Waals surface area contributed by atoms with Gasteiger partial charge in [0.1, 0.15) is 17.5 Å². The average Bonchev–Trinajstić information content (AvgIpc) is 2.84. The van der Waals surface area contributed by atoms with Gasteiger partial charge in [-0.05, 0) is 54.8 Å². The van der Waals surface area contributed by atoms with Crippen molar-refractivity contribution in [3.63, 3.8) is 0 Å². The molecule has 0 aliphatic carbocycles. The first-order valence-electron chi connectivity index (χ1n) is 10.6. The van der Waals surface area contributed by atoms with Crippen LogP contribution in [-0.2, 0) is 21.2 Å². The lowest BCUT2D eigenvalue weighted by Crippen LogP contribution is -2.48. The van der Waals surface area contributed by atoms with Gasteiger partial charge >= 0.3 is 0 Å². The molecule has 3 aromatic rings. The second kappa shape index (κ2) is 11.4. The minimum Gasteiger partial charge on any atom is -0.497 e. The molecule has 34 heavy (non-hydrogen) atoms. The molecule has 180 valence electrons. The van der Waals surface area contributed by atoms with E-state index in [-0.39, 0.29) is 22.4 Å². The summed E-state index contributed by atoms with van der Waals surface area (Å²) in [5.41, 5.74) is 1.67. The Balaban J connectivity index is 1.83. The Morgan fingerprint density at radius 2 is 1.65 bits per heavy atom. The van der Waals surface area contributed by atoms with Crippen LogP contribution in [0.4, 0.5) is 0 Å². The van der Waals surface area contributed by atoms with E-state index >= 15 is 0 Å². The molecule has 1 amide bonds. The summed E-state index contributed by atoms with van der Waals surface area (Å²) in [6.45, 7) is 1.83. The van der Waals surface area contributed by atoms with E-state index in [1.807, 2.05) is 49.4 Å². The van der Waals surface area contributed by atoms with Gasteiger partial charge < -0.3 is 14.8 Å². The van der Waals surface area contributed by atoms with Gasteiger partial charge in [0.2, 0.25) is 15.9 Å². The summed E-state index contributed by atoms with van der Waals surface area (Å²) in [5, 5.41) is 3.06. The third-order valence-corrected chi connectivity index (χ3v) is 7.07. The van der Waals surface area contributed by atoms with Crippen LogP contribution in [0.15, 0.2) is 77.7 Å². The van der Waals surface area contributed by atoms with Crippen LogP contribution in [0.3, 0.4) is 0 Å². The third kappa shape index (κ3) is 6.50. The second-order valence-electron chi connectivity index (χ2n) is 7.66. The molecule has 3 aromatic carbocycles. The molecule has 0 unspecified atom stereocenters. The van der Waals surface area contributed by atoms with Crippen molar-refractivity contribution in [1.82, 2.24) is 10.0 Å². The molecule has 0 saturated carbocycles. The molecule has 9 heteroatoms. The molecule has 0 radical (unpaired) electrons. The normalized spacial score (nSPS) is 13.1. The van der Waals surface area contributed by atoms with Gasteiger partial charge in [0.05, 0.1) is 30.2 Å². The van der Waals surface area contributed by atoms with Crippen LogP contribution in [0.5, 0.6) is 11.5 Å². The van der Waals surface area contributed by atoms with E-state index in [2.05, 4.69) is 10.0 Å². The Morgan fingerprint density at radius 3 is 2.24 bits per heavy atom. The van der Waals surface area contributed by atoms with Gasteiger partial charge in [-0.15, -0.1) is 0 Å². The summed E-state index contributed by atoms with van der Waals surface area (Å²) in [6, 6.07) is 19.2. The first kappa shape index (κ1) is 25.6. The lowest BCUT2D eigenvalue weighted by molar-refractivity contribution is -0.123. The molecular formula is C25H27ClN2O5S. The van der Waals surface area contributed by atoms with Gasteiger partial charge in [-0.3, -0.25) is 4.79 Å². The van der Waals surface area contributed by atoms with Crippen LogP contribution in [-0.4, -0.2) is 34.6 Å². The molecule has 0 fully saturated rings. The van der Waals surface area contributed by atoms with Crippen molar-refractivity contribution in [1.29, 1.82) is 0 Å². The van der Waals surface area contributed by atoms with Crippen LogP contribution < -0.4 is 19.5 Å². The predicted molar refractivity (Wildman–Crippen MR) is 132 cm³/mol. The summed E-state index contributed by atoms with van der Waals surface area (Å²) in [5.74, 6) is 0.609. The summed E-state index contributed by atoms with van der Waals surface area (Å²) < 4.78 is 39.0. The maximum atomic E-state index is 13.2. The number of benzene rings is 3. The van der Waals surface area contributed by atoms with Gasteiger partial charge in [0.25, 0.3) is 0 Å². The number of carbonyl (C=O) groups is 1. The SMILES string of the molecule is COc1ccc([C@@H](C)NC(=O)[C@@H](Cc2ccccc2)NS(=O)(=O)c2ccc(OC)c(Cl)c2)cc1. The van der Waals surface area contributed by atoms with Crippen LogP contribution >= 0.6 is 11.6 Å². The average molecular weight is 503 g/mol. The van der Waals surface area contributed by atoms with Crippen molar-refractivity contribution in [2.75, 3.05) is 14.2 Å². The smallest absolute Gasteiger partial charge is 0.241 e. The van der Waals surface area contributed by atoms with Crippen LogP contribution in [0.25, 0.3) is 0 Å². The molecule has 3 rings (SSSR count). The highest BCUT2D eigenvalue weighted by atomic mass is 35.5. The number of hydrogen-bond acceptors (Lipinski definition) is 5. The summed E-state index contributed by atoms with van der Waals surface area (Å²) in [6.07, 6.45) is 0.172. The number of ether oxygens (including phenoxy) is 2. The Labute approximate surface area is 205 Å². The lowest BCUT2D eigenvalue weighted by atomic mass is 10.0.